The fourth-order valence-electron chi connectivity index (χ4n) is 2.38. The number of ether oxygens (including phenoxy) is 1. The van der Waals surface area contributed by atoms with Crippen LogP contribution in [0.1, 0.15) is 30.6 Å². The molecule has 24 heavy (non-hydrogen) atoms. The monoisotopic (exact) mass is 320 g/mol. The summed E-state index contributed by atoms with van der Waals surface area (Å²) in [4.78, 5) is 16.7. The van der Waals surface area contributed by atoms with E-state index in [-0.39, 0.29) is 12.0 Å². The summed E-state index contributed by atoms with van der Waals surface area (Å²) < 4.78 is 5.79. The minimum atomic E-state index is -0.151. The van der Waals surface area contributed by atoms with Crippen molar-refractivity contribution in [2.75, 3.05) is 5.32 Å². The number of hydrogen-bond donors (Lipinski definition) is 1. The van der Waals surface area contributed by atoms with E-state index in [0.29, 0.717) is 11.3 Å². The van der Waals surface area contributed by atoms with Gasteiger partial charge in [-0.15, -0.1) is 0 Å². The molecule has 0 saturated heterocycles. The molecule has 3 aromatic rings. The molecule has 0 aliphatic carbocycles. The van der Waals surface area contributed by atoms with Crippen molar-refractivity contribution in [1.29, 1.82) is 0 Å². The maximum absolute atomic E-state index is 12.5. The van der Waals surface area contributed by atoms with Gasteiger partial charge in [0.05, 0.1) is 11.6 Å². The Kier molecular flexibility index (Phi) is 4.75. The fourth-order valence-corrected chi connectivity index (χ4v) is 2.38. The maximum atomic E-state index is 12.5. The van der Waals surface area contributed by atoms with Crippen LogP contribution >= 0.6 is 0 Å². The van der Waals surface area contributed by atoms with E-state index in [1.54, 1.807) is 12.3 Å². The molecule has 1 amide bonds. The number of amides is 1. The summed E-state index contributed by atoms with van der Waals surface area (Å²) in [5.74, 6) is 0.603. The lowest BCUT2D eigenvalue weighted by Crippen LogP contribution is -2.13. The van der Waals surface area contributed by atoms with E-state index in [1.165, 1.54) is 0 Å². The van der Waals surface area contributed by atoms with Crippen molar-refractivity contribution >= 4 is 22.5 Å². The van der Waals surface area contributed by atoms with Gasteiger partial charge >= 0.3 is 0 Å². The van der Waals surface area contributed by atoms with Crippen LogP contribution in [0.15, 0.2) is 60.8 Å². The summed E-state index contributed by atoms with van der Waals surface area (Å²) in [6, 6.07) is 16.7. The number of nitrogens with one attached hydrogen (secondary N) is 1. The van der Waals surface area contributed by atoms with Gasteiger partial charge in [0, 0.05) is 28.9 Å². The van der Waals surface area contributed by atoms with Crippen LogP contribution in [0.5, 0.6) is 5.75 Å². The molecule has 0 radical (unpaired) electrons. The van der Waals surface area contributed by atoms with Crippen molar-refractivity contribution in [3.63, 3.8) is 0 Å². The van der Waals surface area contributed by atoms with E-state index in [1.807, 2.05) is 55.5 Å². The van der Waals surface area contributed by atoms with Crippen LogP contribution in [0.25, 0.3) is 10.9 Å². The topological polar surface area (TPSA) is 51.2 Å². The Morgan fingerprint density at radius 1 is 1.17 bits per heavy atom. The summed E-state index contributed by atoms with van der Waals surface area (Å²) in [5.41, 5.74) is 2.19. The fraction of sp³-hybridized carbons (Fsp3) is 0.200. The third-order valence-electron chi connectivity index (χ3n) is 3.87. The number of hydrogen-bond acceptors (Lipinski definition) is 3. The first-order valence-corrected chi connectivity index (χ1v) is 8.08. The van der Waals surface area contributed by atoms with Gasteiger partial charge in [-0.1, -0.05) is 19.1 Å². The summed E-state index contributed by atoms with van der Waals surface area (Å²) in [6.07, 6.45) is 2.82. The molecule has 1 aromatic heterocycles. The molecule has 1 atom stereocenters. The molecule has 0 saturated carbocycles. The minimum absolute atomic E-state index is 0.143. The Labute approximate surface area is 141 Å². The highest BCUT2D eigenvalue weighted by atomic mass is 16.5. The molecular formula is C20H20N2O2. The molecule has 4 heteroatoms. The first-order valence-electron chi connectivity index (χ1n) is 8.08. The van der Waals surface area contributed by atoms with Gasteiger partial charge in [-0.05, 0) is 49.7 Å². The van der Waals surface area contributed by atoms with Gasteiger partial charge < -0.3 is 10.1 Å². The van der Waals surface area contributed by atoms with Gasteiger partial charge in [0.25, 0.3) is 5.91 Å². The normalized spacial score (nSPS) is 11.9. The molecule has 0 spiro atoms. The van der Waals surface area contributed by atoms with Crippen LogP contribution in [0.4, 0.5) is 5.69 Å². The number of carbonyl (C=O) groups is 1. The van der Waals surface area contributed by atoms with Crippen LogP contribution < -0.4 is 10.1 Å². The molecular weight excluding hydrogens is 300 g/mol. The van der Waals surface area contributed by atoms with E-state index in [4.69, 9.17) is 4.74 Å². The highest BCUT2D eigenvalue weighted by Gasteiger charge is 2.08. The highest BCUT2D eigenvalue weighted by Crippen LogP contribution is 2.20. The molecule has 2 aromatic carbocycles. The lowest BCUT2D eigenvalue weighted by Gasteiger charge is -2.13. The van der Waals surface area contributed by atoms with Crippen LogP contribution in [0.3, 0.4) is 0 Å². The van der Waals surface area contributed by atoms with Crippen LogP contribution in [0, 0.1) is 0 Å². The number of pyridine rings is 1. The predicted octanol–water partition coefficient (Wildman–Crippen LogP) is 4.66. The van der Waals surface area contributed by atoms with E-state index in [0.717, 1.165) is 23.1 Å². The van der Waals surface area contributed by atoms with Crippen molar-refractivity contribution in [2.45, 2.75) is 26.4 Å². The van der Waals surface area contributed by atoms with Gasteiger partial charge in [-0.3, -0.25) is 9.78 Å². The van der Waals surface area contributed by atoms with E-state index >= 15 is 0 Å². The standard InChI is InChI=1S/C20H20N2O2/c1-3-14(2)24-18-8-4-7-17(13-18)22-20(23)16-9-10-19-15(12-16)6-5-11-21-19/h4-14H,3H2,1-2H3,(H,22,23). The number of anilines is 1. The second-order valence-electron chi connectivity index (χ2n) is 5.73. The second kappa shape index (κ2) is 7.13. The third-order valence-corrected chi connectivity index (χ3v) is 3.87. The predicted molar refractivity (Wildman–Crippen MR) is 96.5 cm³/mol. The zero-order valence-electron chi connectivity index (χ0n) is 13.8. The molecule has 4 nitrogen and oxygen atoms in total. The van der Waals surface area contributed by atoms with Gasteiger partial charge in [0.15, 0.2) is 0 Å². The number of rotatable bonds is 5. The van der Waals surface area contributed by atoms with E-state index in [2.05, 4.69) is 17.2 Å². The molecule has 1 unspecified atom stereocenters. The summed E-state index contributed by atoms with van der Waals surface area (Å²) in [6.45, 7) is 4.10. The Hall–Kier alpha value is -2.88. The Morgan fingerprint density at radius 2 is 2.04 bits per heavy atom. The summed E-state index contributed by atoms with van der Waals surface area (Å²) in [5, 5.41) is 3.86. The number of aromatic nitrogens is 1. The Balaban J connectivity index is 1.77. The first kappa shape index (κ1) is 16.0. The molecule has 0 bridgehead atoms. The Bertz CT molecular complexity index is 861. The Morgan fingerprint density at radius 3 is 2.88 bits per heavy atom. The summed E-state index contributed by atoms with van der Waals surface area (Å²) in [7, 11) is 0. The van der Waals surface area contributed by atoms with E-state index < -0.39 is 0 Å². The number of nitrogens with zero attached hydrogens (tertiary/aromatic N) is 1. The average molecular weight is 320 g/mol. The van der Waals surface area contributed by atoms with Crippen LogP contribution in [-0.4, -0.2) is 17.0 Å². The van der Waals surface area contributed by atoms with Crippen molar-refractivity contribution in [2.24, 2.45) is 0 Å². The zero-order chi connectivity index (χ0) is 16.9. The molecule has 3 rings (SSSR count). The van der Waals surface area contributed by atoms with Crippen LogP contribution in [-0.2, 0) is 0 Å². The SMILES string of the molecule is CCC(C)Oc1cccc(NC(=O)c2ccc3ncccc3c2)c1. The summed E-state index contributed by atoms with van der Waals surface area (Å²) >= 11 is 0. The van der Waals surface area contributed by atoms with Crippen molar-refractivity contribution in [1.82, 2.24) is 4.98 Å². The minimum Gasteiger partial charge on any atom is -0.491 e. The second-order valence-corrected chi connectivity index (χ2v) is 5.73. The highest BCUT2D eigenvalue weighted by molar-refractivity contribution is 6.06. The lowest BCUT2D eigenvalue weighted by molar-refractivity contribution is 0.102. The molecule has 1 heterocycles. The van der Waals surface area contributed by atoms with E-state index in [9.17, 15) is 4.79 Å². The average Bonchev–Trinajstić information content (AvgIpc) is 2.61. The number of carbonyl (C=O) groups excluding carboxylic acids is 1. The molecule has 0 aliphatic rings. The first-order chi connectivity index (χ1) is 11.7. The van der Waals surface area contributed by atoms with Crippen molar-refractivity contribution < 1.29 is 9.53 Å². The number of fused-ring (bicyclic) bond motifs is 1. The molecule has 122 valence electrons. The van der Waals surface area contributed by atoms with Crippen LogP contribution in [0.2, 0.25) is 0 Å². The smallest absolute Gasteiger partial charge is 0.255 e. The quantitative estimate of drug-likeness (QED) is 0.743. The zero-order valence-corrected chi connectivity index (χ0v) is 13.8. The molecule has 0 aliphatic heterocycles. The molecule has 0 fully saturated rings. The van der Waals surface area contributed by atoms with Gasteiger partial charge in [-0.2, -0.15) is 0 Å². The molecule has 1 N–H and O–H groups in total. The van der Waals surface area contributed by atoms with Gasteiger partial charge in [0.2, 0.25) is 0 Å². The lowest BCUT2D eigenvalue weighted by atomic mass is 10.1. The van der Waals surface area contributed by atoms with Crippen molar-refractivity contribution in [3.05, 3.63) is 66.4 Å². The largest absolute Gasteiger partial charge is 0.491 e. The third kappa shape index (κ3) is 3.71. The maximum Gasteiger partial charge on any atom is 0.255 e. The number of benzene rings is 2. The van der Waals surface area contributed by atoms with Gasteiger partial charge in [0.1, 0.15) is 5.75 Å². The van der Waals surface area contributed by atoms with Gasteiger partial charge in [-0.25, -0.2) is 0 Å². The van der Waals surface area contributed by atoms with Crippen molar-refractivity contribution in [3.8, 4) is 5.75 Å².